The van der Waals surface area contributed by atoms with Crippen LogP contribution in [-0.4, -0.2) is 11.1 Å². The number of hydrogen-bond acceptors (Lipinski definition) is 1. The van der Waals surface area contributed by atoms with E-state index in [1.54, 1.807) is 0 Å². The Labute approximate surface area is 80.3 Å². The zero-order valence-corrected chi connectivity index (χ0v) is 8.79. The smallest absolute Gasteiger partial charge is 0.306 e. The van der Waals surface area contributed by atoms with E-state index in [2.05, 4.69) is 13.8 Å². The monoisotopic (exact) mass is 184 g/mol. The minimum atomic E-state index is -0.633. The van der Waals surface area contributed by atoms with Gasteiger partial charge in [0.1, 0.15) is 0 Å². The van der Waals surface area contributed by atoms with Gasteiger partial charge in [-0.05, 0) is 24.2 Å². The molecule has 4 unspecified atom stereocenters. The molecular formula is C11H20O2. The zero-order chi connectivity index (χ0) is 10.0. The lowest BCUT2D eigenvalue weighted by Crippen LogP contribution is -2.31. The molecule has 76 valence electrons. The summed E-state index contributed by atoms with van der Waals surface area (Å²) in [6.07, 6.45) is 3.56. The first-order valence-electron chi connectivity index (χ1n) is 5.25. The normalized spacial score (nSPS) is 37.0. The molecule has 13 heavy (non-hydrogen) atoms. The fourth-order valence-electron chi connectivity index (χ4n) is 2.46. The minimum absolute atomic E-state index is 0.169. The van der Waals surface area contributed by atoms with Gasteiger partial charge in [0.25, 0.3) is 0 Å². The number of aliphatic carboxylic acids is 1. The highest BCUT2D eigenvalue weighted by molar-refractivity contribution is 5.69. The molecule has 0 amide bonds. The summed E-state index contributed by atoms with van der Waals surface area (Å²) in [6.45, 7) is 6.27. The first-order valence-corrected chi connectivity index (χ1v) is 5.25. The van der Waals surface area contributed by atoms with Gasteiger partial charge in [0.2, 0.25) is 0 Å². The lowest BCUT2D eigenvalue weighted by Gasteiger charge is -2.35. The van der Waals surface area contributed by atoms with Crippen LogP contribution in [0.5, 0.6) is 0 Å². The van der Waals surface area contributed by atoms with Gasteiger partial charge >= 0.3 is 5.97 Å². The van der Waals surface area contributed by atoms with E-state index in [0.29, 0.717) is 17.8 Å². The van der Waals surface area contributed by atoms with Crippen LogP contribution in [0.15, 0.2) is 0 Å². The van der Waals surface area contributed by atoms with E-state index < -0.39 is 5.97 Å². The second-order valence-corrected chi connectivity index (χ2v) is 4.69. The van der Waals surface area contributed by atoms with Crippen molar-refractivity contribution in [3.05, 3.63) is 0 Å². The molecule has 0 saturated heterocycles. The Kier molecular flexibility index (Phi) is 3.34. The van der Waals surface area contributed by atoms with Crippen molar-refractivity contribution in [1.82, 2.24) is 0 Å². The maximum atomic E-state index is 10.9. The molecule has 1 aliphatic rings. The van der Waals surface area contributed by atoms with E-state index >= 15 is 0 Å². The Balaban J connectivity index is 2.60. The Bertz CT molecular complexity index is 189. The summed E-state index contributed by atoms with van der Waals surface area (Å²) >= 11 is 0. The molecular weight excluding hydrogens is 164 g/mol. The fourth-order valence-corrected chi connectivity index (χ4v) is 2.46. The number of hydrogen-bond donors (Lipinski definition) is 1. The minimum Gasteiger partial charge on any atom is -0.481 e. The van der Waals surface area contributed by atoms with Crippen LogP contribution in [0.1, 0.15) is 40.0 Å². The summed E-state index contributed by atoms with van der Waals surface area (Å²) in [5.74, 6) is 0.884. The van der Waals surface area contributed by atoms with Crippen LogP contribution in [0.2, 0.25) is 0 Å². The van der Waals surface area contributed by atoms with Gasteiger partial charge in [-0.25, -0.2) is 0 Å². The molecule has 0 aromatic heterocycles. The van der Waals surface area contributed by atoms with E-state index in [-0.39, 0.29) is 5.92 Å². The standard InChI is InChI=1S/C11H20O2/c1-7-4-5-8(2)10(6-7)9(3)11(12)13/h7-10H,4-6H2,1-3H3,(H,12,13). The molecule has 2 nitrogen and oxygen atoms in total. The fraction of sp³-hybridized carbons (Fsp3) is 0.909. The van der Waals surface area contributed by atoms with Gasteiger partial charge in [-0.15, -0.1) is 0 Å². The number of carboxylic acid groups (broad SMARTS) is 1. The van der Waals surface area contributed by atoms with Gasteiger partial charge in [0.15, 0.2) is 0 Å². The molecule has 0 radical (unpaired) electrons. The molecule has 1 rings (SSSR count). The van der Waals surface area contributed by atoms with E-state index in [1.165, 1.54) is 12.8 Å². The van der Waals surface area contributed by atoms with Crippen LogP contribution in [-0.2, 0) is 4.79 Å². The maximum Gasteiger partial charge on any atom is 0.306 e. The van der Waals surface area contributed by atoms with E-state index in [0.717, 1.165) is 6.42 Å². The van der Waals surface area contributed by atoms with Gasteiger partial charge in [0, 0.05) is 0 Å². The largest absolute Gasteiger partial charge is 0.481 e. The van der Waals surface area contributed by atoms with Crippen LogP contribution < -0.4 is 0 Å². The van der Waals surface area contributed by atoms with Crippen molar-refractivity contribution in [2.45, 2.75) is 40.0 Å². The molecule has 0 heterocycles. The Morgan fingerprint density at radius 1 is 1.38 bits per heavy atom. The molecule has 1 saturated carbocycles. The molecule has 2 heteroatoms. The lowest BCUT2D eigenvalue weighted by atomic mass is 9.70. The van der Waals surface area contributed by atoms with Crippen molar-refractivity contribution >= 4 is 5.97 Å². The second kappa shape index (κ2) is 4.12. The third kappa shape index (κ3) is 2.45. The van der Waals surface area contributed by atoms with E-state index in [4.69, 9.17) is 5.11 Å². The Morgan fingerprint density at radius 3 is 2.54 bits per heavy atom. The molecule has 1 fully saturated rings. The summed E-state index contributed by atoms with van der Waals surface area (Å²) in [5.41, 5.74) is 0. The molecule has 0 bridgehead atoms. The summed E-state index contributed by atoms with van der Waals surface area (Å²) in [6, 6.07) is 0. The van der Waals surface area contributed by atoms with Crippen molar-refractivity contribution < 1.29 is 9.90 Å². The van der Waals surface area contributed by atoms with Gasteiger partial charge in [-0.2, -0.15) is 0 Å². The second-order valence-electron chi connectivity index (χ2n) is 4.69. The van der Waals surface area contributed by atoms with Crippen LogP contribution in [0.4, 0.5) is 0 Å². The summed E-state index contributed by atoms with van der Waals surface area (Å²) < 4.78 is 0. The third-order valence-electron chi connectivity index (χ3n) is 3.55. The van der Waals surface area contributed by atoms with Gasteiger partial charge in [-0.3, -0.25) is 4.79 Å². The zero-order valence-electron chi connectivity index (χ0n) is 8.79. The van der Waals surface area contributed by atoms with E-state index in [9.17, 15) is 4.79 Å². The number of carbonyl (C=O) groups is 1. The molecule has 4 atom stereocenters. The average molecular weight is 184 g/mol. The molecule has 0 aliphatic heterocycles. The van der Waals surface area contributed by atoms with E-state index in [1.807, 2.05) is 6.92 Å². The van der Waals surface area contributed by atoms with Gasteiger partial charge in [-0.1, -0.05) is 33.6 Å². The molecule has 1 aliphatic carbocycles. The van der Waals surface area contributed by atoms with Crippen LogP contribution in [0.3, 0.4) is 0 Å². The SMILES string of the molecule is CC1CCC(C)C(C(C)C(=O)O)C1. The highest BCUT2D eigenvalue weighted by Crippen LogP contribution is 2.37. The summed E-state index contributed by atoms with van der Waals surface area (Å²) in [5, 5.41) is 8.94. The Morgan fingerprint density at radius 2 is 2.00 bits per heavy atom. The Hall–Kier alpha value is -0.530. The van der Waals surface area contributed by atoms with Crippen molar-refractivity contribution in [1.29, 1.82) is 0 Å². The quantitative estimate of drug-likeness (QED) is 0.716. The topological polar surface area (TPSA) is 37.3 Å². The number of carboxylic acids is 1. The predicted molar refractivity (Wildman–Crippen MR) is 52.5 cm³/mol. The third-order valence-corrected chi connectivity index (χ3v) is 3.55. The van der Waals surface area contributed by atoms with Crippen molar-refractivity contribution in [3.8, 4) is 0 Å². The molecule has 0 aromatic carbocycles. The van der Waals surface area contributed by atoms with Crippen molar-refractivity contribution in [3.63, 3.8) is 0 Å². The molecule has 1 N–H and O–H groups in total. The van der Waals surface area contributed by atoms with Gasteiger partial charge in [0.05, 0.1) is 5.92 Å². The van der Waals surface area contributed by atoms with Gasteiger partial charge < -0.3 is 5.11 Å². The van der Waals surface area contributed by atoms with Crippen LogP contribution >= 0.6 is 0 Å². The average Bonchev–Trinajstić information content (AvgIpc) is 2.08. The molecule has 0 spiro atoms. The summed E-state index contributed by atoms with van der Waals surface area (Å²) in [7, 11) is 0. The lowest BCUT2D eigenvalue weighted by molar-refractivity contribution is -0.144. The van der Waals surface area contributed by atoms with Crippen LogP contribution in [0.25, 0.3) is 0 Å². The van der Waals surface area contributed by atoms with Crippen molar-refractivity contribution in [2.75, 3.05) is 0 Å². The highest BCUT2D eigenvalue weighted by Gasteiger charge is 2.32. The van der Waals surface area contributed by atoms with Crippen LogP contribution in [0, 0.1) is 23.7 Å². The number of rotatable bonds is 2. The first-order chi connectivity index (χ1) is 6.02. The first kappa shape index (κ1) is 10.6. The van der Waals surface area contributed by atoms with Crippen molar-refractivity contribution in [2.24, 2.45) is 23.7 Å². The highest BCUT2D eigenvalue weighted by atomic mass is 16.4. The maximum absolute atomic E-state index is 10.9. The molecule has 0 aromatic rings. The summed E-state index contributed by atoms with van der Waals surface area (Å²) in [4.78, 5) is 10.9. The predicted octanol–water partition coefficient (Wildman–Crippen LogP) is 2.78.